The Hall–Kier alpha value is -0.570. The maximum absolute atomic E-state index is 12.0. The van der Waals surface area contributed by atoms with Crippen molar-refractivity contribution in [2.24, 2.45) is 5.92 Å². The van der Waals surface area contributed by atoms with E-state index in [2.05, 4.69) is 0 Å². The summed E-state index contributed by atoms with van der Waals surface area (Å²) in [6.45, 7) is 1.41. The SMILES string of the molecule is O=C(CCC1CCCCC1)N1CCC[C@H](O)C1. The molecular weight excluding hydrogens is 214 g/mol. The third-order valence-corrected chi connectivity index (χ3v) is 4.24. The molecule has 1 N–H and O–H groups in total. The lowest BCUT2D eigenvalue weighted by molar-refractivity contribution is -0.134. The minimum Gasteiger partial charge on any atom is -0.391 e. The first-order valence-corrected chi connectivity index (χ1v) is 7.21. The van der Waals surface area contributed by atoms with Crippen molar-refractivity contribution < 1.29 is 9.90 Å². The molecule has 1 saturated carbocycles. The summed E-state index contributed by atoms with van der Waals surface area (Å²) in [6.07, 6.45) is 9.98. The van der Waals surface area contributed by atoms with E-state index in [1.54, 1.807) is 0 Å². The number of aliphatic hydroxyl groups is 1. The molecule has 3 nitrogen and oxygen atoms in total. The lowest BCUT2D eigenvalue weighted by atomic mass is 9.86. The van der Waals surface area contributed by atoms with Gasteiger partial charge in [-0.3, -0.25) is 4.79 Å². The first kappa shape index (κ1) is 12.9. The van der Waals surface area contributed by atoms with Crippen molar-refractivity contribution in [3.05, 3.63) is 0 Å². The van der Waals surface area contributed by atoms with Crippen molar-refractivity contribution in [1.82, 2.24) is 4.90 Å². The number of β-amino-alcohol motifs (C(OH)–C–C–N with tert-alkyl or cyclic N) is 1. The Labute approximate surface area is 104 Å². The van der Waals surface area contributed by atoms with Crippen molar-refractivity contribution >= 4 is 5.91 Å². The van der Waals surface area contributed by atoms with Crippen LogP contribution in [0.2, 0.25) is 0 Å². The predicted molar refractivity (Wildman–Crippen MR) is 67.6 cm³/mol. The monoisotopic (exact) mass is 239 g/mol. The Bertz CT molecular complexity index is 249. The molecule has 0 unspecified atom stereocenters. The summed E-state index contributed by atoms with van der Waals surface area (Å²) in [5, 5.41) is 9.55. The molecule has 3 heteroatoms. The molecule has 0 spiro atoms. The molecule has 1 saturated heterocycles. The molecule has 2 fully saturated rings. The molecule has 0 aromatic heterocycles. The van der Waals surface area contributed by atoms with Gasteiger partial charge in [0.05, 0.1) is 6.10 Å². The highest BCUT2D eigenvalue weighted by Gasteiger charge is 2.23. The van der Waals surface area contributed by atoms with Crippen molar-refractivity contribution in [2.75, 3.05) is 13.1 Å². The van der Waals surface area contributed by atoms with Crippen LogP contribution < -0.4 is 0 Å². The Morgan fingerprint density at radius 1 is 1.12 bits per heavy atom. The molecule has 2 rings (SSSR count). The Morgan fingerprint density at radius 2 is 1.88 bits per heavy atom. The van der Waals surface area contributed by atoms with Gasteiger partial charge in [0.15, 0.2) is 0 Å². The predicted octanol–water partition coefficient (Wildman–Crippen LogP) is 2.33. The van der Waals surface area contributed by atoms with Crippen molar-refractivity contribution in [1.29, 1.82) is 0 Å². The normalized spacial score (nSPS) is 27.1. The fourth-order valence-electron chi connectivity index (χ4n) is 3.14. The number of carbonyl (C=O) groups excluding carboxylic acids is 1. The number of rotatable bonds is 3. The summed E-state index contributed by atoms with van der Waals surface area (Å²) in [5.74, 6) is 1.04. The molecule has 1 aliphatic heterocycles. The van der Waals surface area contributed by atoms with Crippen molar-refractivity contribution in [3.8, 4) is 0 Å². The van der Waals surface area contributed by atoms with Gasteiger partial charge in [-0.1, -0.05) is 32.1 Å². The zero-order valence-electron chi connectivity index (χ0n) is 10.7. The van der Waals surface area contributed by atoms with E-state index < -0.39 is 0 Å². The molecule has 17 heavy (non-hydrogen) atoms. The van der Waals surface area contributed by atoms with E-state index in [9.17, 15) is 9.90 Å². The number of amides is 1. The minimum atomic E-state index is -0.289. The summed E-state index contributed by atoms with van der Waals surface area (Å²) < 4.78 is 0. The van der Waals surface area contributed by atoms with Gasteiger partial charge in [-0.25, -0.2) is 0 Å². The Kier molecular flexibility index (Phi) is 4.84. The van der Waals surface area contributed by atoms with E-state index in [1.807, 2.05) is 4.90 Å². The molecule has 2 aliphatic rings. The van der Waals surface area contributed by atoms with Gasteiger partial charge in [0.1, 0.15) is 0 Å². The number of likely N-dealkylation sites (tertiary alicyclic amines) is 1. The van der Waals surface area contributed by atoms with Crippen LogP contribution in [0.3, 0.4) is 0 Å². The van der Waals surface area contributed by atoms with Crippen molar-refractivity contribution in [2.45, 2.75) is 63.9 Å². The van der Waals surface area contributed by atoms with E-state index >= 15 is 0 Å². The van der Waals surface area contributed by atoms with Crippen LogP contribution in [0, 0.1) is 5.92 Å². The van der Waals surface area contributed by atoms with Crippen LogP contribution in [0.25, 0.3) is 0 Å². The minimum absolute atomic E-state index is 0.259. The standard InChI is InChI=1S/C14H25NO2/c16-13-7-4-10-15(11-13)14(17)9-8-12-5-2-1-3-6-12/h12-13,16H,1-11H2/t13-/m0/s1. The number of hydrogen-bond acceptors (Lipinski definition) is 2. The van der Waals surface area contributed by atoms with Gasteiger partial charge in [-0.15, -0.1) is 0 Å². The fraction of sp³-hybridized carbons (Fsp3) is 0.929. The van der Waals surface area contributed by atoms with Gasteiger partial charge in [0, 0.05) is 19.5 Å². The van der Waals surface area contributed by atoms with Crippen LogP contribution in [-0.4, -0.2) is 35.1 Å². The average Bonchev–Trinajstić information content (AvgIpc) is 2.37. The van der Waals surface area contributed by atoms with Gasteiger partial charge in [0.25, 0.3) is 0 Å². The topological polar surface area (TPSA) is 40.5 Å². The second-order valence-corrected chi connectivity index (χ2v) is 5.68. The van der Waals surface area contributed by atoms with Crippen LogP contribution in [0.4, 0.5) is 0 Å². The lowest BCUT2D eigenvalue weighted by Crippen LogP contribution is -2.42. The molecule has 1 atom stereocenters. The largest absolute Gasteiger partial charge is 0.391 e. The number of nitrogens with zero attached hydrogens (tertiary/aromatic N) is 1. The molecule has 0 bridgehead atoms. The average molecular weight is 239 g/mol. The zero-order valence-corrected chi connectivity index (χ0v) is 10.7. The maximum atomic E-state index is 12.0. The molecule has 0 radical (unpaired) electrons. The number of hydrogen-bond donors (Lipinski definition) is 1. The second kappa shape index (κ2) is 6.39. The van der Waals surface area contributed by atoms with Gasteiger partial charge in [-0.05, 0) is 25.2 Å². The number of carbonyl (C=O) groups is 1. The number of aliphatic hydroxyl groups excluding tert-OH is 1. The highest BCUT2D eigenvalue weighted by atomic mass is 16.3. The molecule has 0 aromatic rings. The highest BCUT2D eigenvalue weighted by Crippen LogP contribution is 2.27. The lowest BCUT2D eigenvalue weighted by Gasteiger charge is -2.31. The zero-order chi connectivity index (χ0) is 12.1. The third kappa shape index (κ3) is 3.98. The molecule has 1 heterocycles. The molecule has 1 aliphatic carbocycles. The Morgan fingerprint density at radius 3 is 2.59 bits per heavy atom. The first-order valence-electron chi connectivity index (χ1n) is 7.21. The van der Waals surface area contributed by atoms with E-state index in [-0.39, 0.29) is 12.0 Å². The molecule has 0 aromatic carbocycles. The van der Waals surface area contributed by atoms with E-state index in [1.165, 1.54) is 32.1 Å². The van der Waals surface area contributed by atoms with E-state index in [4.69, 9.17) is 0 Å². The smallest absolute Gasteiger partial charge is 0.222 e. The van der Waals surface area contributed by atoms with Crippen LogP contribution >= 0.6 is 0 Å². The molecular formula is C14H25NO2. The van der Waals surface area contributed by atoms with Crippen LogP contribution in [0.15, 0.2) is 0 Å². The fourth-order valence-corrected chi connectivity index (χ4v) is 3.14. The van der Waals surface area contributed by atoms with Gasteiger partial charge < -0.3 is 10.0 Å². The van der Waals surface area contributed by atoms with Crippen molar-refractivity contribution in [3.63, 3.8) is 0 Å². The maximum Gasteiger partial charge on any atom is 0.222 e. The van der Waals surface area contributed by atoms with Crippen LogP contribution in [-0.2, 0) is 4.79 Å². The highest BCUT2D eigenvalue weighted by molar-refractivity contribution is 5.76. The van der Waals surface area contributed by atoms with Crippen LogP contribution in [0.5, 0.6) is 0 Å². The quantitative estimate of drug-likeness (QED) is 0.821. The Balaban J connectivity index is 1.69. The first-order chi connectivity index (χ1) is 8.25. The van der Waals surface area contributed by atoms with Gasteiger partial charge >= 0.3 is 0 Å². The summed E-state index contributed by atoms with van der Waals surface area (Å²) in [4.78, 5) is 13.9. The summed E-state index contributed by atoms with van der Waals surface area (Å²) in [5.41, 5.74) is 0. The van der Waals surface area contributed by atoms with Gasteiger partial charge in [0.2, 0.25) is 5.91 Å². The van der Waals surface area contributed by atoms with Gasteiger partial charge in [-0.2, -0.15) is 0 Å². The van der Waals surface area contributed by atoms with Crippen LogP contribution in [0.1, 0.15) is 57.8 Å². The second-order valence-electron chi connectivity index (χ2n) is 5.68. The summed E-state index contributed by atoms with van der Waals surface area (Å²) in [6, 6.07) is 0. The molecule has 1 amide bonds. The number of piperidine rings is 1. The third-order valence-electron chi connectivity index (χ3n) is 4.24. The van der Waals surface area contributed by atoms with E-state index in [0.717, 1.165) is 31.7 Å². The molecule has 98 valence electrons. The summed E-state index contributed by atoms with van der Waals surface area (Å²) >= 11 is 0. The summed E-state index contributed by atoms with van der Waals surface area (Å²) in [7, 11) is 0. The van der Waals surface area contributed by atoms with E-state index in [0.29, 0.717) is 13.0 Å².